The first-order chi connectivity index (χ1) is 5.54. The van der Waals surface area contributed by atoms with Gasteiger partial charge in [0.15, 0.2) is 0 Å². The fourth-order valence-electron chi connectivity index (χ4n) is 0.959. The van der Waals surface area contributed by atoms with Crippen LogP contribution in [-0.2, 0) is 0 Å². The number of hydroxylamine groups is 1. The van der Waals surface area contributed by atoms with Crippen LogP contribution in [0.3, 0.4) is 0 Å². The van der Waals surface area contributed by atoms with E-state index in [-0.39, 0.29) is 5.82 Å². The summed E-state index contributed by atoms with van der Waals surface area (Å²) in [5.41, 5.74) is 1.52. The van der Waals surface area contributed by atoms with Crippen molar-refractivity contribution in [3.8, 4) is 0 Å². The fraction of sp³-hybridized carbons (Fsp3) is 0.375. The van der Waals surface area contributed by atoms with Crippen molar-refractivity contribution in [3.05, 3.63) is 28.6 Å². The summed E-state index contributed by atoms with van der Waals surface area (Å²) in [6.07, 6.45) is 0. The number of rotatable bonds is 1. The van der Waals surface area contributed by atoms with Crippen molar-refractivity contribution in [2.45, 2.75) is 13.8 Å². The number of nitrogens with zero attached hydrogens (tertiary/aromatic N) is 2. The Hall–Kier alpha value is -1.29. The van der Waals surface area contributed by atoms with Crippen molar-refractivity contribution in [1.82, 2.24) is 0 Å². The van der Waals surface area contributed by atoms with E-state index in [1.54, 1.807) is 19.1 Å². The first-order valence-corrected chi connectivity index (χ1v) is 3.66. The van der Waals surface area contributed by atoms with Crippen LogP contribution in [-0.4, -0.2) is 12.3 Å². The molecule has 12 heavy (non-hydrogen) atoms. The van der Waals surface area contributed by atoms with Gasteiger partial charge >= 0.3 is 5.82 Å². The Balaban J connectivity index is 3.27. The summed E-state index contributed by atoms with van der Waals surface area (Å²) >= 11 is 0. The Morgan fingerprint density at radius 1 is 1.42 bits per heavy atom. The monoisotopic (exact) mass is 168 g/mol. The molecule has 0 saturated carbocycles. The molecule has 1 N–H and O–H groups in total. The summed E-state index contributed by atoms with van der Waals surface area (Å²) in [7, 11) is 1.42. The first kappa shape index (κ1) is 8.80. The van der Waals surface area contributed by atoms with Crippen LogP contribution in [0.25, 0.3) is 0 Å². The molecule has 66 valence electrons. The number of aromatic nitrogens is 1. The van der Waals surface area contributed by atoms with Gasteiger partial charge in [0.2, 0.25) is 0 Å². The van der Waals surface area contributed by atoms with Gasteiger partial charge in [0.05, 0.1) is 0 Å². The smallest absolute Gasteiger partial charge is 0.309 e. The lowest BCUT2D eigenvalue weighted by Gasteiger charge is -2.14. The van der Waals surface area contributed by atoms with Gasteiger partial charge in [-0.1, -0.05) is 0 Å². The number of aryl methyl sites for hydroxylation is 1. The molecule has 0 unspecified atom stereocenters. The third kappa shape index (κ3) is 1.33. The van der Waals surface area contributed by atoms with Crippen molar-refractivity contribution >= 4 is 5.82 Å². The summed E-state index contributed by atoms with van der Waals surface area (Å²) in [6.45, 7) is 3.57. The van der Waals surface area contributed by atoms with Crippen molar-refractivity contribution in [2.75, 3.05) is 12.1 Å². The van der Waals surface area contributed by atoms with E-state index in [9.17, 15) is 5.21 Å². The van der Waals surface area contributed by atoms with Crippen molar-refractivity contribution in [3.63, 3.8) is 0 Å². The lowest BCUT2D eigenvalue weighted by Crippen LogP contribution is -2.37. The summed E-state index contributed by atoms with van der Waals surface area (Å²) in [6, 6.07) is 3.38. The fourth-order valence-corrected chi connectivity index (χ4v) is 0.959. The second kappa shape index (κ2) is 2.98. The third-order valence-corrected chi connectivity index (χ3v) is 1.90. The summed E-state index contributed by atoms with van der Waals surface area (Å²) < 4.78 is 0.704. The average molecular weight is 168 g/mol. The molecule has 0 amide bonds. The van der Waals surface area contributed by atoms with E-state index in [0.29, 0.717) is 10.4 Å². The summed E-state index contributed by atoms with van der Waals surface area (Å²) in [5, 5.41) is 21.2. The normalized spacial score (nSPS) is 10.0. The minimum atomic E-state index is 0.234. The predicted molar refractivity (Wildman–Crippen MR) is 45.1 cm³/mol. The largest absolute Gasteiger partial charge is 0.710 e. The first-order valence-electron chi connectivity index (χ1n) is 3.66. The van der Waals surface area contributed by atoms with Gasteiger partial charge in [0.1, 0.15) is 12.7 Å². The molecule has 0 radical (unpaired) electrons. The van der Waals surface area contributed by atoms with Gasteiger partial charge in [-0.25, -0.2) is 9.94 Å². The highest BCUT2D eigenvalue weighted by atomic mass is 16.5. The topological polar surface area (TPSA) is 50.4 Å². The maximum absolute atomic E-state index is 11.3. The lowest BCUT2D eigenvalue weighted by atomic mass is 10.2. The molecule has 0 saturated heterocycles. The molecule has 0 aromatic carbocycles. The standard InChI is InChI=1S/C8H12N2O2/c1-6-4-5-8(9(3)11)10(12)7(6)2/h4-5,11H,1-3H3. The van der Waals surface area contributed by atoms with Crippen LogP contribution in [0.2, 0.25) is 0 Å². The highest BCUT2D eigenvalue weighted by molar-refractivity contribution is 5.31. The van der Waals surface area contributed by atoms with Crippen molar-refractivity contribution < 1.29 is 9.94 Å². The number of hydrogen-bond acceptors (Lipinski definition) is 3. The molecule has 1 aromatic heterocycles. The number of anilines is 1. The highest BCUT2D eigenvalue weighted by Crippen LogP contribution is 2.08. The summed E-state index contributed by atoms with van der Waals surface area (Å²) in [5.74, 6) is 0.234. The van der Waals surface area contributed by atoms with E-state index in [2.05, 4.69) is 0 Å². The highest BCUT2D eigenvalue weighted by Gasteiger charge is 2.11. The Kier molecular flexibility index (Phi) is 2.19. The van der Waals surface area contributed by atoms with Crippen molar-refractivity contribution in [1.29, 1.82) is 0 Å². The summed E-state index contributed by atoms with van der Waals surface area (Å²) in [4.78, 5) is 0. The van der Waals surface area contributed by atoms with Crippen LogP contribution in [0.15, 0.2) is 12.1 Å². The molecule has 0 aliphatic rings. The van der Waals surface area contributed by atoms with Crippen molar-refractivity contribution in [2.24, 2.45) is 0 Å². The zero-order valence-corrected chi connectivity index (χ0v) is 7.40. The second-order valence-corrected chi connectivity index (χ2v) is 2.78. The minimum absolute atomic E-state index is 0.234. The third-order valence-electron chi connectivity index (χ3n) is 1.90. The van der Waals surface area contributed by atoms with Crippen LogP contribution < -0.4 is 9.79 Å². The molecule has 0 atom stereocenters. The molecule has 4 heteroatoms. The Morgan fingerprint density at radius 2 is 2.00 bits per heavy atom. The van der Waals surface area contributed by atoms with Crippen LogP contribution in [0.4, 0.5) is 5.82 Å². The molecular formula is C8H12N2O2. The molecule has 4 nitrogen and oxygen atoms in total. The molecule has 1 aromatic rings. The van der Waals surface area contributed by atoms with Crippen LogP contribution in [0.5, 0.6) is 0 Å². The SMILES string of the molecule is Cc1ccc(N(C)O)[n+]([O-])c1C. The molecule has 1 rings (SSSR count). The van der Waals surface area contributed by atoms with E-state index < -0.39 is 0 Å². The van der Waals surface area contributed by atoms with Gasteiger partial charge in [0.25, 0.3) is 0 Å². The molecule has 0 aliphatic heterocycles. The van der Waals surface area contributed by atoms with E-state index >= 15 is 0 Å². The number of hydrogen-bond donors (Lipinski definition) is 1. The number of pyridine rings is 1. The zero-order chi connectivity index (χ0) is 9.30. The Morgan fingerprint density at radius 3 is 2.50 bits per heavy atom. The van der Waals surface area contributed by atoms with Gasteiger partial charge in [0, 0.05) is 6.07 Å². The van der Waals surface area contributed by atoms with E-state index in [1.165, 1.54) is 7.05 Å². The van der Waals surface area contributed by atoms with Gasteiger partial charge in [-0.2, -0.15) is 0 Å². The van der Waals surface area contributed by atoms with Gasteiger partial charge in [-0.05, 0) is 25.5 Å². The van der Waals surface area contributed by atoms with Crippen LogP contribution in [0, 0.1) is 19.1 Å². The predicted octanol–water partition coefficient (Wildman–Crippen LogP) is 0.762. The van der Waals surface area contributed by atoms with Gasteiger partial charge in [-0.3, -0.25) is 0 Å². The molecular weight excluding hydrogens is 156 g/mol. The second-order valence-electron chi connectivity index (χ2n) is 2.78. The molecule has 1 heterocycles. The quantitative estimate of drug-likeness (QED) is 0.382. The zero-order valence-electron chi connectivity index (χ0n) is 7.40. The van der Waals surface area contributed by atoms with Gasteiger partial charge < -0.3 is 5.21 Å². The Labute approximate surface area is 71.2 Å². The Bertz CT molecular complexity index is 297. The molecule has 0 fully saturated rings. The maximum atomic E-state index is 11.3. The minimum Gasteiger partial charge on any atom is -0.710 e. The van der Waals surface area contributed by atoms with Crippen LogP contribution in [0.1, 0.15) is 11.3 Å². The van der Waals surface area contributed by atoms with Gasteiger partial charge in [-0.15, -0.1) is 5.06 Å². The molecule has 0 spiro atoms. The van der Waals surface area contributed by atoms with Crippen LogP contribution >= 0.6 is 0 Å². The molecule has 0 bridgehead atoms. The van der Waals surface area contributed by atoms with E-state index in [0.717, 1.165) is 10.6 Å². The molecule has 0 aliphatic carbocycles. The van der Waals surface area contributed by atoms with E-state index in [1.807, 2.05) is 6.92 Å². The average Bonchev–Trinajstić information content (AvgIpc) is 2.00. The maximum Gasteiger partial charge on any atom is 0.309 e. The lowest BCUT2D eigenvalue weighted by molar-refractivity contribution is -0.601. The van der Waals surface area contributed by atoms with E-state index in [4.69, 9.17) is 5.21 Å².